The zero-order valence-electron chi connectivity index (χ0n) is 14.1. The van der Waals surface area contributed by atoms with Gasteiger partial charge in [0.2, 0.25) is 0 Å². The fraction of sp³-hybridized carbons (Fsp3) is 0.421. The molecule has 25 heavy (non-hydrogen) atoms. The average molecular weight is 344 g/mol. The summed E-state index contributed by atoms with van der Waals surface area (Å²) in [6.07, 6.45) is 1.83. The second kappa shape index (κ2) is 7.06. The number of piperazine rings is 1. The Morgan fingerprint density at radius 3 is 2.52 bits per heavy atom. The number of anilines is 1. The Labute approximate surface area is 146 Å². The van der Waals surface area contributed by atoms with Gasteiger partial charge < -0.3 is 4.90 Å². The lowest BCUT2D eigenvalue weighted by Crippen LogP contribution is -2.62. The van der Waals surface area contributed by atoms with E-state index in [-0.39, 0.29) is 11.6 Å². The van der Waals surface area contributed by atoms with Crippen molar-refractivity contribution >= 4 is 5.82 Å². The number of benzene rings is 1. The lowest BCUT2D eigenvalue weighted by Gasteiger charge is -2.48. The summed E-state index contributed by atoms with van der Waals surface area (Å²) in [6.45, 7) is 6.30. The SMILES string of the molecule is Fc1ccc(F)c(CN2CC(N3CCN(c4ccccn4)CC3)C2)c1. The van der Waals surface area contributed by atoms with Gasteiger partial charge in [0.15, 0.2) is 0 Å². The van der Waals surface area contributed by atoms with Crippen molar-refractivity contribution in [2.24, 2.45) is 0 Å². The molecule has 0 N–H and O–H groups in total. The molecule has 2 aliphatic rings. The topological polar surface area (TPSA) is 22.6 Å². The molecule has 2 aromatic rings. The lowest BCUT2D eigenvalue weighted by atomic mass is 10.0. The first-order valence-electron chi connectivity index (χ1n) is 8.75. The predicted molar refractivity (Wildman–Crippen MR) is 93.4 cm³/mol. The van der Waals surface area contributed by atoms with E-state index in [4.69, 9.17) is 0 Å². The maximum absolute atomic E-state index is 13.7. The molecule has 0 aliphatic carbocycles. The maximum Gasteiger partial charge on any atom is 0.128 e. The molecule has 0 atom stereocenters. The molecule has 0 bridgehead atoms. The summed E-state index contributed by atoms with van der Waals surface area (Å²) in [7, 11) is 0. The molecule has 2 fully saturated rings. The highest BCUT2D eigenvalue weighted by atomic mass is 19.1. The van der Waals surface area contributed by atoms with Crippen molar-refractivity contribution in [3.05, 3.63) is 59.8 Å². The summed E-state index contributed by atoms with van der Waals surface area (Å²) in [5.41, 5.74) is 0.443. The van der Waals surface area contributed by atoms with Gasteiger partial charge in [0.05, 0.1) is 0 Å². The highest BCUT2D eigenvalue weighted by Crippen LogP contribution is 2.22. The van der Waals surface area contributed by atoms with Crippen LogP contribution in [0.15, 0.2) is 42.6 Å². The summed E-state index contributed by atoms with van der Waals surface area (Å²) in [5.74, 6) is 0.340. The van der Waals surface area contributed by atoms with E-state index in [1.807, 2.05) is 24.4 Å². The minimum Gasteiger partial charge on any atom is -0.354 e. The van der Waals surface area contributed by atoms with Crippen LogP contribution in [0.4, 0.5) is 14.6 Å². The van der Waals surface area contributed by atoms with E-state index in [1.54, 1.807) is 0 Å². The normalized spacial score (nSPS) is 19.8. The first kappa shape index (κ1) is 16.4. The van der Waals surface area contributed by atoms with Crippen LogP contribution in [0.5, 0.6) is 0 Å². The third-order valence-corrected chi connectivity index (χ3v) is 5.14. The van der Waals surface area contributed by atoms with Crippen LogP contribution in [0.2, 0.25) is 0 Å². The third-order valence-electron chi connectivity index (χ3n) is 5.14. The number of hydrogen-bond acceptors (Lipinski definition) is 4. The molecule has 0 saturated carbocycles. The Bertz CT molecular complexity index is 711. The van der Waals surface area contributed by atoms with Gasteiger partial charge in [-0.15, -0.1) is 0 Å². The summed E-state index contributed by atoms with van der Waals surface area (Å²) in [5, 5.41) is 0. The van der Waals surface area contributed by atoms with Crippen LogP contribution in [-0.4, -0.2) is 60.1 Å². The molecule has 2 saturated heterocycles. The van der Waals surface area contributed by atoms with Crippen LogP contribution in [0.3, 0.4) is 0 Å². The number of aromatic nitrogens is 1. The molecule has 4 nitrogen and oxygen atoms in total. The van der Waals surface area contributed by atoms with Gasteiger partial charge in [-0.25, -0.2) is 13.8 Å². The van der Waals surface area contributed by atoms with Crippen molar-refractivity contribution in [3.63, 3.8) is 0 Å². The highest BCUT2D eigenvalue weighted by molar-refractivity contribution is 5.38. The smallest absolute Gasteiger partial charge is 0.128 e. The number of nitrogens with zero attached hydrogens (tertiary/aromatic N) is 4. The zero-order chi connectivity index (χ0) is 17.2. The molecule has 6 heteroatoms. The quantitative estimate of drug-likeness (QED) is 0.849. The Morgan fingerprint density at radius 1 is 1.00 bits per heavy atom. The molecule has 0 amide bonds. The second-order valence-electron chi connectivity index (χ2n) is 6.79. The molecular weight excluding hydrogens is 322 g/mol. The van der Waals surface area contributed by atoms with Crippen molar-refractivity contribution in [2.45, 2.75) is 12.6 Å². The second-order valence-corrected chi connectivity index (χ2v) is 6.79. The van der Waals surface area contributed by atoms with Crippen LogP contribution < -0.4 is 4.90 Å². The molecule has 132 valence electrons. The van der Waals surface area contributed by atoms with Crippen molar-refractivity contribution in [1.29, 1.82) is 0 Å². The van der Waals surface area contributed by atoms with E-state index in [0.29, 0.717) is 18.2 Å². The average Bonchev–Trinajstić information content (AvgIpc) is 2.61. The third kappa shape index (κ3) is 3.65. The fourth-order valence-corrected chi connectivity index (χ4v) is 3.67. The van der Waals surface area contributed by atoms with Gasteiger partial charge in [-0.2, -0.15) is 0 Å². The van der Waals surface area contributed by atoms with Crippen LogP contribution in [0, 0.1) is 11.6 Å². The maximum atomic E-state index is 13.7. The van der Waals surface area contributed by atoms with Gasteiger partial charge in [-0.1, -0.05) is 6.07 Å². The summed E-state index contributed by atoms with van der Waals surface area (Å²) < 4.78 is 27.0. The summed E-state index contributed by atoms with van der Waals surface area (Å²) in [4.78, 5) is 11.4. The molecule has 1 aromatic heterocycles. The molecule has 0 unspecified atom stereocenters. The first-order chi connectivity index (χ1) is 12.2. The minimum absolute atomic E-state index is 0.325. The van der Waals surface area contributed by atoms with Crippen molar-refractivity contribution in [3.8, 4) is 0 Å². The van der Waals surface area contributed by atoms with E-state index in [0.717, 1.165) is 45.1 Å². The standard InChI is InChI=1S/C19H22F2N4/c20-16-4-5-18(21)15(11-16)12-23-13-17(14-23)24-7-9-25(10-8-24)19-3-1-2-6-22-19/h1-6,11,17H,7-10,12-14H2. The molecule has 3 heterocycles. The van der Waals surface area contributed by atoms with Crippen molar-refractivity contribution < 1.29 is 8.78 Å². The molecule has 4 rings (SSSR count). The molecule has 0 spiro atoms. The van der Waals surface area contributed by atoms with E-state index in [2.05, 4.69) is 19.7 Å². The van der Waals surface area contributed by atoms with Crippen LogP contribution in [-0.2, 0) is 6.54 Å². The Balaban J connectivity index is 1.26. The van der Waals surface area contributed by atoms with Gasteiger partial charge in [0, 0.05) is 63.6 Å². The minimum atomic E-state index is -0.376. The predicted octanol–water partition coefficient (Wildman–Crippen LogP) is 2.37. The number of likely N-dealkylation sites (tertiary alicyclic amines) is 1. The van der Waals surface area contributed by atoms with Crippen LogP contribution in [0.25, 0.3) is 0 Å². The molecule has 1 aromatic carbocycles. The Morgan fingerprint density at radius 2 is 1.80 bits per heavy atom. The monoisotopic (exact) mass is 344 g/mol. The lowest BCUT2D eigenvalue weighted by molar-refractivity contribution is 0.0249. The van der Waals surface area contributed by atoms with Gasteiger partial charge >= 0.3 is 0 Å². The highest BCUT2D eigenvalue weighted by Gasteiger charge is 2.33. The van der Waals surface area contributed by atoms with Gasteiger partial charge in [0.25, 0.3) is 0 Å². The van der Waals surface area contributed by atoms with E-state index in [1.165, 1.54) is 18.2 Å². The van der Waals surface area contributed by atoms with Crippen LogP contribution in [0.1, 0.15) is 5.56 Å². The number of hydrogen-bond donors (Lipinski definition) is 0. The van der Waals surface area contributed by atoms with Gasteiger partial charge in [0.1, 0.15) is 17.5 Å². The number of halogens is 2. The largest absolute Gasteiger partial charge is 0.354 e. The zero-order valence-corrected chi connectivity index (χ0v) is 14.1. The van der Waals surface area contributed by atoms with Crippen molar-refractivity contribution in [1.82, 2.24) is 14.8 Å². The van der Waals surface area contributed by atoms with Gasteiger partial charge in [-0.05, 0) is 30.3 Å². The summed E-state index contributed by atoms with van der Waals surface area (Å²) >= 11 is 0. The molecular formula is C19H22F2N4. The summed E-state index contributed by atoms with van der Waals surface area (Å²) in [6, 6.07) is 10.2. The van der Waals surface area contributed by atoms with Gasteiger partial charge in [-0.3, -0.25) is 9.80 Å². The number of rotatable bonds is 4. The van der Waals surface area contributed by atoms with E-state index < -0.39 is 0 Å². The van der Waals surface area contributed by atoms with Crippen LogP contribution >= 0.6 is 0 Å². The molecule has 2 aliphatic heterocycles. The Kier molecular flexibility index (Phi) is 4.63. The van der Waals surface area contributed by atoms with E-state index >= 15 is 0 Å². The molecule has 0 radical (unpaired) electrons. The van der Waals surface area contributed by atoms with E-state index in [9.17, 15) is 8.78 Å². The van der Waals surface area contributed by atoms with Crippen molar-refractivity contribution in [2.75, 3.05) is 44.2 Å². The number of pyridine rings is 1. The fourth-order valence-electron chi connectivity index (χ4n) is 3.67. The Hall–Kier alpha value is -2.05. The first-order valence-corrected chi connectivity index (χ1v) is 8.75.